The van der Waals surface area contributed by atoms with Crippen LogP contribution in [0.4, 0.5) is 0 Å². The number of imidazole rings is 1. The first-order valence-corrected chi connectivity index (χ1v) is 6.03. The first kappa shape index (κ1) is 12.1. The number of primary amides is 1. The van der Waals surface area contributed by atoms with Gasteiger partial charge in [0.05, 0.1) is 11.0 Å². The predicted octanol–water partition coefficient (Wildman–Crippen LogP) is 2.62. The summed E-state index contributed by atoms with van der Waals surface area (Å²) in [5.74, 6) is -0.297. The molecule has 0 spiro atoms. The first-order chi connectivity index (χ1) is 8.08. The molecule has 0 unspecified atom stereocenters. The summed E-state index contributed by atoms with van der Waals surface area (Å²) in [6.07, 6.45) is 1.03. The normalized spacial score (nSPS) is 10.9. The average molecular weight is 270 g/mol. The van der Waals surface area contributed by atoms with E-state index in [-0.39, 0.29) is 5.91 Å². The maximum Gasteiger partial charge on any atom is 0.217 e. The summed E-state index contributed by atoms with van der Waals surface area (Å²) in [6, 6.07) is 5.55. The molecule has 17 heavy (non-hydrogen) atoms. The number of hydrogen-bond donors (Lipinski definition) is 2. The van der Waals surface area contributed by atoms with Crippen LogP contribution in [0.3, 0.4) is 0 Å². The van der Waals surface area contributed by atoms with Crippen LogP contribution in [0.15, 0.2) is 18.2 Å². The van der Waals surface area contributed by atoms with E-state index in [4.69, 9.17) is 29.6 Å². The van der Waals surface area contributed by atoms with Crippen molar-refractivity contribution >= 4 is 40.8 Å². The highest BCUT2D eigenvalue weighted by Crippen LogP contribution is 2.19. The minimum atomic E-state index is -0.297. The molecule has 1 amide bonds. The molecule has 0 aliphatic heterocycles. The summed E-state index contributed by atoms with van der Waals surface area (Å²) in [4.78, 5) is 13.8. The summed E-state index contributed by atoms with van der Waals surface area (Å²) in [5, 5.41) is 0.662. The number of nitrogens with two attached hydrogens (primary N) is 1. The van der Waals surface area contributed by atoms with Gasteiger partial charge in [-0.25, -0.2) is 0 Å². The van der Waals surface area contributed by atoms with Gasteiger partial charge in [-0.1, -0.05) is 11.6 Å². The molecule has 1 aromatic carbocycles. The number of aromatic amines is 1. The Morgan fingerprint density at radius 3 is 3.00 bits per heavy atom. The van der Waals surface area contributed by atoms with Crippen LogP contribution in [-0.4, -0.2) is 15.5 Å². The van der Waals surface area contributed by atoms with Crippen LogP contribution < -0.4 is 5.73 Å². The van der Waals surface area contributed by atoms with E-state index in [9.17, 15) is 4.79 Å². The van der Waals surface area contributed by atoms with Crippen LogP contribution in [0.25, 0.3) is 11.0 Å². The Hall–Kier alpha value is -1.33. The maximum absolute atomic E-state index is 10.7. The van der Waals surface area contributed by atoms with Gasteiger partial charge < -0.3 is 15.3 Å². The van der Waals surface area contributed by atoms with Gasteiger partial charge >= 0.3 is 0 Å². The molecule has 0 saturated heterocycles. The highest BCUT2D eigenvalue weighted by molar-refractivity contribution is 7.71. The zero-order valence-corrected chi connectivity index (χ0v) is 10.6. The molecule has 2 rings (SSSR count). The second kappa shape index (κ2) is 4.89. The van der Waals surface area contributed by atoms with Crippen molar-refractivity contribution in [3.63, 3.8) is 0 Å². The van der Waals surface area contributed by atoms with Crippen molar-refractivity contribution in [3.05, 3.63) is 28.0 Å². The molecule has 0 aliphatic carbocycles. The molecule has 2 aromatic rings. The number of carbonyl (C=O) groups excluding carboxylic acids is 1. The van der Waals surface area contributed by atoms with Crippen molar-refractivity contribution in [1.82, 2.24) is 9.55 Å². The number of hydrogen-bond acceptors (Lipinski definition) is 2. The number of fused-ring (bicyclic) bond motifs is 1. The lowest BCUT2D eigenvalue weighted by molar-refractivity contribution is -0.118. The number of rotatable bonds is 4. The molecule has 1 aromatic heterocycles. The summed E-state index contributed by atoms with van der Waals surface area (Å²) in [7, 11) is 0. The average Bonchev–Trinajstić information content (AvgIpc) is 2.55. The molecule has 3 N–H and O–H groups in total. The molecule has 0 atom stereocenters. The number of amides is 1. The van der Waals surface area contributed by atoms with Crippen LogP contribution >= 0.6 is 23.8 Å². The molecule has 0 aliphatic rings. The van der Waals surface area contributed by atoms with Gasteiger partial charge in [0.2, 0.25) is 5.91 Å². The number of aryl methyl sites for hydroxylation is 1. The van der Waals surface area contributed by atoms with Gasteiger partial charge in [-0.15, -0.1) is 0 Å². The Labute approximate surface area is 108 Å². The highest BCUT2D eigenvalue weighted by Gasteiger charge is 2.05. The Balaban J connectivity index is 2.32. The van der Waals surface area contributed by atoms with Gasteiger partial charge in [0.25, 0.3) is 0 Å². The van der Waals surface area contributed by atoms with Crippen LogP contribution in [0, 0.1) is 4.77 Å². The van der Waals surface area contributed by atoms with Crippen molar-refractivity contribution in [3.8, 4) is 0 Å². The fourth-order valence-corrected chi connectivity index (χ4v) is 2.23. The lowest BCUT2D eigenvalue weighted by Gasteiger charge is -2.03. The van der Waals surface area contributed by atoms with E-state index >= 15 is 0 Å². The number of H-pyrrole nitrogens is 1. The zero-order valence-electron chi connectivity index (χ0n) is 9.07. The van der Waals surface area contributed by atoms with E-state index in [0.717, 1.165) is 11.0 Å². The predicted molar refractivity (Wildman–Crippen MR) is 70.6 cm³/mol. The lowest BCUT2D eigenvalue weighted by atomic mass is 10.3. The summed E-state index contributed by atoms with van der Waals surface area (Å²) >= 11 is 11.2. The largest absolute Gasteiger partial charge is 0.370 e. The van der Waals surface area contributed by atoms with Crippen molar-refractivity contribution in [2.24, 2.45) is 5.73 Å². The standard InChI is InChI=1S/C11H12ClN3OS/c12-7-3-4-8-9(6-7)15(11(17)14-8)5-1-2-10(13)16/h3-4,6H,1-2,5H2,(H2,13,16)(H,14,17). The Morgan fingerprint density at radius 1 is 1.53 bits per heavy atom. The molecule has 0 radical (unpaired) electrons. The minimum absolute atomic E-state index is 0.297. The van der Waals surface area contributed by atoms with E-state index in [1.807, 2.05) is 22.8 Å². The van der Waals surface area contributed by atoms with E-state index < -0.39 is 0 Å². The number of halogens is 1. The monoisotopic (exact) mass is 269 g/mol. The SMILES string of the molecule is NC(=O)CCCn1c(=S)[nH]c2ccc(Cl)cc21. The van der Waals surface area contributed by atoms with Gasteiger partial charge in [-0.05, 0) is 36.8 Å². The smallest absolute Gasteiger partial charge is 0.217 e. The number of nitrogens with zero attached hydrogens (tertiary/aromatic N) is 1. The number of nitrogens with one attached hydrogen (secondary N) is 1. The molecule has 90 valence electrons. The summed E-state index contributed by atoms with van der Waals surface area (Å²) in [6.45, 7) is 0.655. The second-order valence-corrected chi connectivity index (χ2v) is 4.64. The van der Waals surface area contributed by atoms with E-state index in [1.54, 1.807) is 0 Å². The fraction of sp³-hybridized carbons (Fsp3) is 0.273. The second-order valence-electron chi connectivity index (χ2n) is 3.81. The quantitative estimate of drug-likeness (QED) is 0.838. The Morgan fingerprint density at radius 2 is 2.29 bits per heavy atom. The molecule has 0 fully saturated rings. The summed E-state index contributed by atoms with van der Waals surface area (Å²) in [5.41, 5.74) is 7.00. The van der Waals surface area contributed by atoms with Gasteiger partial charge in [0, 0.05) is 18.0 Å². The van der Waals surface area contributed by atoms with E-state index in [2.05, 4.69) is 4.98 Å². The third-order valence-corrected chi connectivity index (χ3v) is 3.10. The van der Waals surface area contributed by atoms with Crippen LogP contribution in [0.1, 0.15) is 12.8 Å². The van der Waals surface area contributed by atoms with Crippen molar-refractivity contribution < 1.29 is 4.79 Å². The van der Waals surface area contributed by atoms with Crippen molar-refractivity contribution in [2.45, 2.75) is 19.4 Å². The molecule has 4 nitrogen and oxygen atoms in total. The highest BCUT2D eigenvalue weighted by atomic mass is 35.5. The number of carbonyl (C=O) groups is 1. The summed E-state index contributed by atoms with van der Waals surface area (Å²) < 4.78 is 2.56. The first-order valence-electron chi connectivity index (χ1n) is 5.24. The molecule has 0 saturated carbocycles. The molecule has 1 heterocycles. The Kier molecular flexibility index (Phi) is 3.49. The number of aromatic nitrogens is 2. The van der Waals surface area contributed by atoms with Gasteiger partial charge in [-0.2, -0.15) is 0 Å². The lowest BCUT2D eigenvalue weighted by Crippen LogP contribution is -2.11. The third kappa shape index (κ3) is 2.68. The zero-order chi connectivity index (χ0) is 12.4. The van der Waals surface area contributed by atoms with E-state index in [0.29, 0.717) is 29.2 Å². The van der Waals surface area contributed by atoms with Crippen LogP contribution in [-0.2, 0) is 11.3 Å². The molecule has 6 heteroatoms. The van der Waals surface area contributed by atoms with Crippen molar-refractivity contribution in [2.75, 3.05) is 0 Å². The van der Waals surface area contributed by atoms with Gasteiger partial charge in [-0.3, -0.25) is 4.79 Å². The molecular weight excluding hydrogens is 258 g/mol. The maximum atomic E-state index is 10.7. The van der Waals surface area contributed by atoms with E-state index in [1.165, 1.54) is 0 Å². The third-order valence-electron chi connectivity index (χ3n) is 2.54. The topological polar surface area (TPSA) is 63.8 Å². The Bertz CT molecular complexity index is 617. The molecular formula is C11H12ClN3OS. The van der Waals surface area contributed by atoms with Crippen LogP contribution in [0.2, 0.25) is 5.02 Å². The van der Waals surface area contributed by atoms with Gasteiger partial charge in [0.1, 0.15) is 0 Å². The molecule has 0 bridgehead atoms. The van der Waals surface area contributed by atoms with Gasteiger partial charge in [0.15, 0.2) is 4.77 Å². The van der Waals surface area contributed by atoms with Crippen molar-refractivity contribution in [1.29, 1.82) is 0 Å². The fourth-order valence-electron chi connectivity index (χ4n) is 1.76. The minimum Gasteiger partial charge on any atom is -0.370 e. The number of benzene rings is 1. The van der Waals surface area contributed by atoms with Crippen LogP contribution in [0.5, 0.6) is 0 Å².